The van der Waals surface area contributed by atoms with Crippen LogP contribution in [0.4, 0.5) is 0 Å². The van der Waals surface area contributed by atoms with E-state index in [1.165, 1.54) is 0 Å². The number of rotatable bonds is 2. The molecule has 1 unspecified atom stereocenters. The average molecular weight is 171 g/mol. The number of hydrogen-bond donors (Lipinski definition) is 0. The van der Waals surface area contributed by atoms with Gasteiger partial charge in [0, 0.05) is 6.04 Å². The number of cyclic esters (lactones) is 1. The second-order valence-electron chi connectivity index (χ2n) is 2.94. The standard InChI is InChI=1S/C8H13NO3/c1-3-6(2)9-4-8(11)12-5-7(9)10/h6H,3-5H2,1-2H3. The molecule has 0 spiro atoms. The molecule has 0 bridgehead atoms. The molecule has 0 saturated carbocycles. The van der Waals surface area contributed by atoms with Gasteiger partial charge in [0.25, 0.3) is 5.91 Å². The van der Waals surface area contributed by atoms with Crippen molar-refractivity contribution >= 4 is 11.9 Å². The summed E-state index contributed by atoms with van der Waals surface area (Å²) in [5.41, 5.74) is 0. The summed E-state index contributed by atoms with van der Waals surface area (Å²) in [7, 11) is 0. The molecule has 0 aliphatic carbocycles. The molecule has 4 heteroatoms. The highest BCUT2D eigenvalue weighted by molar-refractivity contribution is 5.88. The van der Waals surface area contributed by atoms with Crippen LogP contribution in [-0.4, -0.2) is 36.0 Å². The minimum Gasteiger partial charge on any atom is -0.454 e. The molecule has 1 fully saturated rings. The van der Waals surface area contributed by atoms with Crippen molar-refractivity contribution in [1.82, 2.24) is 4.90 Å². The van der Waals surface area contributed by atoms with Gasteiger partial charge in [-0.05, 0) is 13.3 Å². The number of esters is 1. The third-order valence-corrected chi connectivity index (χ3v) is 2.10. The summed E-state index contributed by atoms with van der Waals surface area (Å²) in [6.45, 7) is 3.92. The molecule has 4 nitrogen and oxygen atoms in total. The van der Waals surface area contributed by atoms with Crippen LogP contribution in [0.5, 0.6) is 0 Å². The van der Waals surface area contributed by atoms with E-state index >= 15 is 0 Å². The number of carbonyl (C=O) groups excluding carboxylic acids is 2. The molecule has 0 aromatic rings. The van der Waals surface area contributed by atoms with Crippen LogP contribution in [0.25, 0.3) is 0 Å². The molecule has 12 heavy (non-hydrogen) atoms. The van der Waals surface area contributed by atoms with Crippen LogP contribution in [0.3, 0.4) is 0 Å². The van der Waals surface area contributed by atoms with Crippen molar-refractivity contribution in [1.29, 1.82) is 0 Å². The average Bonchev–Trinajstić information content (AvgIpc) is 2.08. The topological polar surface area (TPSA) is 46.6 Å². The van der Waals surface area contributed by atoms with Crippen LogP contribution in [0.15, 0.2) is 0 Å². The van der Waals surface area contributed by atoms with Gasteiger partial charge in [-0.25, -0.2) is 0 Å². The first-order chi connectivity index (χ1) is 5.65. The lowest BCUT2D eigenvalue weighted by Crippen LogP contribution is -2.48. The van der Waals surface area contributed by atoms with Crippen molar-refractivity contribution < 1.29 is 14.3 Å². The van der Waals surface area contributed by atoms with Crippen molar-refractivity contribution in [3.63, 3.8) is 0 Å². The Morgan fingerprint density at radius 2 is 2.25 bits per heavy atom. The van der Waals surface area contributed by atoms with E-state index in [-0.39, 0.29) is 31.1 Å². The van der Waals surface area contributed by atoms with Crippen LogP contribution in [0.1, 0.15) is 20.3 Å². The molecule has 0 N–H and O–H groups in total. The number of carbonyl (C=O) groups is 2. The molecule has 1 heterocycles. The van der Waals surface area contributed by atoms with E-state index in [1.54, 1.807) is 4.90 Å². The molecule has 1 amide bonds. The Hall–Kier alpha value is -1.06. The molecular formula is C8H13NO3. The first kappa shape index (κ1) is 9.03. The molecule has 1 aliphatic rings. The minimum absolute atomic E-state index is 0.0936. The maximum Gasteiger partial charge on any atom is 0.326 e. The normalized spacial score (nSPS) is 20.7. The molecule has 0 radical (unpaired) electrons. The fraction of sp³-hybridized carbons (Fsp3) is 0.750. The van der Waals surface area contributed by atoms with E-state index in [0.29, 0.717) is 0 Å². The van der Waals surface area contributed by atoms with Crippen LogP contribution >= 0.6 is 0 Å². The molecule has 1 saturated heterocycles. The Bertz CT molecular complexity index is 202. The number of amides is 1. The Labute approximate surface area is 71.5 Å². The number of morpholine rings is 1. The van der Waals surface area contributed by atoms with Crippen molar-refractivity contribution in [2.45, 2.75) is 26.3 Å². The zero-order valence-electron chi connectivity index (χ0n) is 7.37. The highest BCUT2D eigenvalue weighted by Gasteiger charge is 2.27. The predicted molar refractivity (Wildman–Crippen MR) is 42.4 cm³/mol. The summed E-state index contributed by atoms with van der Waals surface area (Å²) >= 11 is 0. The predicted octanol–water partition coefficient (Wildman–Crippen LogP) is 0.170. The van der Waals surface area contributed by atoms with Crippen molar-refractivity contribution in [2.24, 2.45) is 0 Å². The Morgan fingerprint density at radius 3 is 2.83 bits per heavy atom. The fourth-order valence-corrected chi connectivity index (χ4v) is 1.12. The lowest BCUT2D eigenvalue weighted by molar-refractivity contribution is -0.164. The monoisotopic (exact) mass is 171 g/mol. The van der Waals surface area contributed by atoms with Crippen molar-refractivity contribution in [3.05, 3.63) is 0 Å². The van der Waals surface area contributed by atoms with Gasteiger partial charge in [-0.15, -0.1) is 0 Å². The molecule has 68 valence electrons. The van der Waals surface area contributed by atoms with E-state index in [9.17, 15) is 9.59 Å². The molecule has 0 aromatic carbocycles. The van der Waals surface area contributed by atoms with Gasteiger partial charge in [0.2, 0.25) is 0 Å². The van der Waals surface area contributed by atoms with Gasteiger partial charge in [-0.3, -0.25) is 9.59 Å². The third-order valence-electron chi connectivity index (χ3n) is 2.10. The second kappa shape index (κ2) is 3.56. The Morgan fingerprint density at radius 1 is 1.58 bits per heavy atom. The van der Waals surface area contributed by atoms with E-state index in [0.717, 1.165) is 6.42 Å². The molecule has 1 rings (SSSR count). The van der Waals surface area contributed by atoms with Gasteiger partial charge in [0.15, 0.2) is 6.61 Å². The van der Waals surface area contributed by atoms with Gasteiger partial charge >= 0.3 is 5.97 Å². The maximum absolute atomic E-state index is 11.2. The summed E-state index contributed by atoms with van der Waals surface area (Å²) in [5, 5.41) is 0. The molecule has 1 aliphatic heterocycles. The Kier molecular flexibility index (Phi) is 2.68. The third kappa shape index (κ3) is 1.75. The number of ether oxygens (including phenoxy) is 1. The zero-order valence-corrected chi connectivity index (χ0v) is 7.37. The van der Waals surface area contributed by atoms with Gasteiger partial charge in [-0.2, -0.15) is 0 Å². The largest absolute Gasteiger partial charge is 0.454 e. The van der Waals surface area contributed by atoms with Crippen LogP contribution in [-0.2, 0) is 14.3 Å². The number of hydrogen-bond acceptors (Lipinski definition) is 3. The van der Waals surface area contributed by atoms with E-state index in [4.69, 9.17) is 0 Å². The summed E-state index contributed by atoms with van der Waals surface area (Å²) in [6.07, 6.45) is 0.860. The van der Waals surface area contributed by atoms with Crippen LogP contribution < -0.4 is 0 Å². The molecular weight excluding hydrogens is 158 g/mol. The molecule has 0 aromatic heterocycles. The van der Waals surface area contributed by atoms with Gasteiger partial charge < -0.3 is 9.64 Å². The summed E-state index contributed by atoms with van der Waals surface area (Å²) in [6, 6.07) is 0.130. The first-order valence-corrected chi connectivity index (χ1v) is 4.10. The van der Waals surface area contributed by atoms with Crippen LogP contribution in [0, 0.1) is 0 Å². The smallest absolute Gasteiger partial charge is 0.326 e. The van der Waals surface area contributed by atoms with Gasteiger partial charge in [0.05, 0.1) is 0 Å². The van der Waals surface area contributed by atoms with Crippen molar-refractivity contribution in [3.8, 4) is 0 Å². The summed E-state index contributed by atoms with van der Waals surface area (Å²) in [4.78, 5) is 23.6. The van der Waals surface area contributed by atoms with Gasteiger partial charge in [-0.1, -0.05) is 6.92 Å². The quantitative estimate of drug-likeness (QED) is 0.556. The highest BCUT2D eigenvalue weighted by atomic mass is 16.5. The van der Waals surface area contributed by atoms with E-state index < -0.39 is 0 Å². The van der Waals surface area contributed by atoms with Crippen molar-refractivity contribution in [2.75, 3.05) is 13.2 Å². The number of nitrogens with zero attached hydrogens (tertiary/aromatic N) is 1. The van der Waals surface area contributed by atoms with Gasteiger partial charge in [0.1, 0.15) is 6.54 Å². The Balaban J connectivity index is 2.60. The minimum atomic E-state index is -0.310. The van der Waals surface area contributed by atoms with E-state index in [2.05, 4.69) is 4.74 Å². The SMILES string of the molecule is CCC(C)N1CC(=O)OCC1=O. The zero-order chi connectivity index (χ0) is 9.14. The lowest BCUT2D eigenvalue weighted by Gasteiger charge is -2.30. The summed E-state index contributed by atoms with van der Waals surface area (Å²) in [5.74, 6) is -0.404. The fourth-order valence-electron chi connectivity index (χ4n) is 1.12. The maximum atomic E-state index is 11.2. The van der Waals surface area contributed by atoms with E-state index in [1.807, 2.05) is 13.8 Å². The highest BCUT2D eigenvalue weighted by Crippen LogP contribution is 2.08. The summed E-state index contributed by atoms with van der Waals surface area (Å²) < 4.78 is 4.58. The van der Waals surface area contributed by atoms with Crippen LogP contribution in [0.2, 0.25) is 0 Å². The lowest BCUT2D eigenvalue weighted by atomic mass is 10.2. The molecule has 1 atom stereocenters. The first-order valence-electron chi connectivity index (χ1n) is 4.10. The second-order valence-corrected chi connectivity index (χ2v) is 2.94.